The molecular weight excluding hydrogens is 348 g/mol. The predicted molar refractivity (Wildman–Crippen MR) is 117 cm³/mol. The number of thiophene rings is 1. The zero-order chi connectivity index (χ0) is 18.8. The molecule has 1 heterocycles. The van der Waals surface area contributed by atoms with Crippen LogP contribution in [0.3, 0.4) is 0 Å². The minimum absolute atomic E-state index is 0.441. The Labute approximate surface area is 167 Å². The average molecular weight is 379 g/mol. The Morgan fingerprint density at radius 3 is 2.22 bits per heavy atom. The van der Waals surface area contributed by atoms with Crippen LogP contribution in [0.1, 0.15) is 65.3 Å². The van der Waals surface area contributed by atoms with Crippen molar-refractivity contribution in [2.45, 2.75) is 70.6 Å². The zero-order valence-electron chi connectivity index (χ0n) is 16.9. The van der Waals surface area contributed by atoms with E-state index < -0.39 is 0 Å². The van der Waals surface area contributed by atoms with Gasteiger partial charge < -0.3 is 10.2 Å². The van der Waals surface area contributed by atoms with Gasteiger partial charge in [-0.3, -0.25) is 0 Å². The van der Waals surface area contributed by atoms with E-state index in [0.717, 1.165) is 5.82 Å². The second-order valence-electron chi connectivity index (χ2n) is 8.95. The van der Waals surface area contributed by atoms with Crippen LogP contribution in [0.4, 0.5) is 10.7 Å². The lowest BCUT2D eigenvalue weighted by Gasteiger charge is -2.29. The van der Waals surface area contributed by atoms with Crippen molar-refractivity contribution in [1.82, 2.24) is 0 Å². The van der Waals surface area contributed by atoms with Gasteiger partial charge in [0.15, 0.2) is 0 Å². The minimum Gasteiger partial charge on any atom is -0.334 e. The molecule has 2 nitrogen and oxygen atoms in total. The van der Waals surface area contributed by atoms with Crippen LogP contribution in [0.5, 0.6) is 0 Å². The van der Waals surface area contributed by atoms with Crippen molar-refractivity contribution in [2.75, 3.05) is 17.3 Å². The Kier molecular flexibility index (Phi) is 3.94. The molecule has 0 unspecified atom stereocenters. The fraction of sp³-hybridized carbons (Fsp3) is 0.500. The van der Waals surface area contributed by atoms with Crippen LogP contribution < -0.4 is 10.2 Å². The fourth-order valence-corrected chi connectivity index (χ4v) is 6.26. The molecule has 3 heteroatoms. The van der Waals surface area contributed by atoms with E-state index in [9.17, 15) is 0 Å². The highest BCUT2D eigenvalue weighted by Gasteiger charge is 2.40. The van der Waals surface area contributed by atoms with Gasteiger partial charge in [0.2, 0.25) is 0 Å². The summed E-state index contributed by atoms with van der Waals surface area (Å²) in [4.78, 5) is 3.85. The Hall–Kier alpha value is -1.74. The van der Waals surface area contributed by atoms with E-state index in [0.29, 0.717) is 5.41 Å². The SMILES string of the molecule is C=C(Nc1ccc(C2(C)CC2)s1)N(C)c1c2c(c(C)c3c1CCC3)CCC2. The van der Waals surface area contributed by atoms with E-state index in [1.165, 1.54) is 66.9 Å². The third-order valence-corrected chi connectivity index (χ3v) is 8.43. The summed E-state index contributed by atoms with van der Waals surface area (Å²) in [7, 11) is 2.20. The van der Waals surface area contributed by atoms with Gasteiger partial charge in [0.25, 0.3) is 0 Å². The molecule has 0 atom stereocenters. The molecule has 1 saturated carbocycles. The number of hydrogen-bond donors (Lipinski definition) is 1. The third-order valence-electron chi connectivity index (χ3n) is 7.12. The summed E-state index contributed by atoms with van der Waals surface area (Å²) in [5.41, 5.74) is 9.94. The maximum Gasteiger partial charge on any atom is 0.103 e. The molecule has 2 aromatic rings. The molecule has 0 aliphatic heterocycles. The molecule has 142 valence electrons. The molecule has 0 amide bonds. The number of nitrogens with one attached hydrogen (secondary N) is 1. The lowest BCUT2D eigenvalue weighted by Crippen LogP contribution is -2.24. The van der Waals surface area contributed by atoms with Crippen LogP contribution in [0.15, 0.2) is 24.5 Å². The first kappa shape index (κ1) is 17.4. The quantitative estimate of drug-likeness (QED) is 0.676. The lowest BCUT2D eigenvalue weighted by molar-refractivity contribution is 0.809. The van der Waals surface area contributed by atoms with Crippen molar-refractivity contribution in [3.8, 4) is 0 Å². The molecule has 3 aliphatic carbocycles. The summed E-state index contributed by atoms with van der Waals surface area (Å²) < 4.78 is 0. The summed E-state index contributed by atoms with van der Waals surface area (Å²) in [6.07, 6.45) is 10.2. The van der Waals surface area contributed by atoms with Gasteiger partial charge in [0, 0.05) is 23.0 Å². The first-order valence-corrected chi connectivity index (χ1v) is 11.3. The van der Waals surface area contributed by atoms with Gasteiger partial charge >= 0.3 is 0 Å². The second-order valence-corrected chi connectivity index (χ2v) is 10.0. The van der Waals surface area contributed by atoms with Gasteiger partial charge in [-0.05, 0) is 98.2 Å². The van der Waals surface area contributed by atoms with E-state index in [-0.39, 0.29) is 0 Å². The van der Waals surface area contributed by atoms with E-state index >= 15 is 0 Å². The molecule has 0 saturated heterocycles. The van der Waals surface area contributed by atoms with Gasteiger partial charge in [-0.1, -0.05) is 13.5 Å². The summed E-state index contributed by atoms with van der Waals surface area (Å²) >= 11 is 1.90. The Bertz CT molecular complexity index is 897. The molecule has 1 aromatic carbocycles. The number of rotatable bonds is 5. The number of benzene rings is 1. The molecule has 3 aliphatic rings. The van der Waals surface area contributed by atoms with E-state index in [1.54, 1.807) is 27.8 Å². The number of hydrogen-bond acceptors (Lipinski definition) is 3. The monoisotopic (exact) mass is 378 g/mol. The number of anilines is 2. The van der Waals surface area contributed by atoms with Gasteiger partial charge in [-0.25, -0.2) is 0 Å². The molecular formula is C24H30N2S. The van der Waals surface area contributed by atoms with Crippen LogP contribution in [0.25, 0.3) is 0 Å². The Morgan fingerprint density at radius 1 is 1.04 bits per heavy atom. The van der Waals surface area contributed by atoms with Crippen LogP contribution in [-0.2, 0) is 31.1 Å². The van der Waals surface area contributed by atoms with E-state index in [4.69, 9.17) is 0 Å². The van der Waals surface area contributed by atoms with Crippen molar-refractivity contribution < 1.29 is 0 Å². The molecule has 0 radical (unpaired) electrons. The van der Waals surface area contributed by atoms with Crippen LogP contribution in [-0.4, -0.2) is 7.05 Å². The van der Waals surface area contributed by atoms with Crippen molar-refractivity contribution in [3.63, 3.8) is 0 Å². The van der Waals surface area contributed by atoms with Crippen LogP contribution in [0.2, 0.25) is 0 Å². The smallest absolute Gasteiger partial charge is 0.103 e. The van der Waals surface area contributed by atoms with Crippen molar-refractivity contribution in [1.29, 1.82) is 0 Å². The largest absolute Gasteiger partial charge is 0.334 e. The second kappa shape index (κ2) is 6.13. The van der Waals surface area contributed by atoms with Crippen molar-refractivity contribution >= 4 is 22.0 Å². The fourth-order valence-electron chi connectivity index (χ4n) is 5.13. The normalized spacial score (nSPS) is 18.9. The number of fused-ring (bicyclic) bond motifs is 2. The third kappa shape index (κ3) is 2.74. The highest BCUT2D eigenvalue weighted by Crippen LogP contribution is 2.51. The maximum absolute atomic E-state index is 4.41. The van der Waals surface area contributed by atoms with Gasteiger partial charge in [-0.15, -0.1) is 11.3 Å². The number of nitrogens with zero attached hydrogens (tertiary/aromatic N) is 1. The summed E-state index contributed by atoms with van der Waals surface area (Å²) in [6.45, 7) is 9.14. The predicted octanol–water partition coefficient (Wildman–Crippen LogP) is 6.10. The maximum atomic E-state index is 4.41. The summed E-state index contributed by atoms with van der Waals surface area (Å²) in [6, 6.07) is 4.53. The van der Waals surface area contributed by atoms with Gasteiger partial charge in [0.1, 0.15) is 5.82 Å². The Morgan fingerprint density at radius 2 is 1.63 bits per heavy atom. The standard InChI is InChI=1S/C24H30N2S/c1-15-17-7-5-9-19(17)23(20-10-6-8-18(15)20)26(4)16(2)25-22-12-11-21(27-22)24(3)13-14-24/h11-12,25H,2,5-10,13-14H2,1,3-4H3. The van der Waals surface area contributed by atoms with Gasteiger partial charge in [-0.2, -0.15) is 0 Å². The summed E-state index contributed by atoms with van der Waals surface area (Å²) in [5.74, 6) is 0.997. The molecule has 1 aromatic heterocycles. The van der Waals surface area contributed by atoms with Crippen molar-refractivity contribution in [2.24, 2.45) is 0 Å². The highest BCUT2D eigenvalue weighted by molar-refractivity contribution is 7.16. The van der Waals surface area contributed by atoms with E-state index in [2.05, 4.69) is 49.8 Å². The molecule has 0 spiro atoms. The average Bonchev–Trinajstić information content (AvgIpc) is 3.14. The van der Waals surface area contributed by atoms with Crippen molar-refractivity contribution in [3.05, 3.63) is 57.2 Å². The Balaban J connectivity index is 1.45. The lowest BCUT2D eigenvalue weighted by atomic mass is 9.92. The van der Waals surface area contributed by atoms with Gasteiger partial charge in [0.05, 0.1) is 5.00 Å². The molecule has 1 N–H and O–H groups in total. The molecule has 0 bridgehead atoms. The molecule has 27 heavy (non-hydrogen) atoms. The minimum atomic E-state index is 0.441. The molecule has 1 fully saturated rings. The first-order valence-electron chi connectivity index (χ1n) is 10.4. The highest BCUT2D eigenvalue weighted by atomic mass is 32.1. The first-order chi connectivity index (χ1) is 13.0. The van der Waals surface area contributed by atoms with Crippen LogP contribution >= 0.6 is 11.3 Å². The van der Waals surface area contributed by atoms with Crippen LogP contribution in [0, 0.1) is 6.92 Å². The zero-order valence-corrected chi connectivity index (χ0v) is 17.7. The molecule has 5 rings (SSSR count). The summed E-state index contributed by atoms with van der Waals surface area (Å²) in [5, 5.41) is 4.83. The topological polar surface area (TPSA) is 15.3 Å². The van der Waals surface area contributed by atoms with E-state index in [1.807, 2.05) is 11.3 Å².